The van der Waals surface area contributed by atoms with Gasteiger partial charge in [0.1, 0.15) is 29.7 Å². The van der Waals surface area contributed by atoms with Gasteiger partial charge in [0.2, 0.25) is 11.8 Å². The number of piperazine rings is 1. The monoisotopic (exact) mass is 1000 g/mol. The Labute approximate surface area is 420 Å². The summed E-state index contributed by atoms with van der Waals surface area (Å²) in [6.45, 7) is 7.36. The molecule has 3 aromatic heterocycles. The van der Waals surface area contributed by atoms with Crippen LogP contribution in [0.2, 0.25) is 0 Å². The van der Waals surface area contributed by atoms with Gasteiger partial charge in [-0.2, -0.15) is 17.7 Å². The zero-order valence-electron chi connectivity index (χ0n) is 41.0. The van der Waals surface area contributed by atoms with Gasteiger partial charge in [-0.05, 0) is 104 Å². The number of piperidine rings is 3. The summed E-state index contributed by atoms with van der Waals surface area (Å²) in [5.41, 5.74) is 2.75. The summed E-state index contributed by atoms with van der Waals surface area (Å²) in [5, 5.41) is 10.8. The number of benzene rings is 2. The highest BCUT2D eigenvalue weighted by Gasteiger charge is 2.39. The molecule has 1 saturated carbocycles. The van der Waals surface area contributed by atoms with Crippen molar-refractivity contribution in [3.63, 3.8) is 0 Å². The third-order valence-electron chi connectivity index (χ3n) is 16.2. The molecule has 0 bridgehead atoms. The molecule has 0 spiro atoms. The number of likely N-dealkylation sites (tertiary alicyclic amines) is 2. The van der Waals surface area contributed by atoms with Crippen molar-refractivity contribution in [2.45, 2.75) is 89.1 Å². The second kappa shape index (κ2) is 20.0. The number of rotatable bonds is 11. The highest BCUT2D eigenvalue weighted by molar-refractivity contribution is 6.05. The Morgan fingerprint density at radius 3 is 2.36 bits per heavy atom. The molecule has 384 valence electrons. The van der Waals surface area contributed by atoms with Crippen molar-refractivity contribution >= 4 is 41.2 Å². The minimum Gasteiger partial charge on any atom is -0.446 e. The first-order valence-corrected chi connectivity index (χ1v) is 25.8. The maximum Gasteiger partial charge on any atom is 0.419 e. The number of hydrogen-bond acceptors (Lipinski definition) is 11. The van der Waals surface area contributed by atoms with Crippen molar-refractivity contribution in [1.29, 1.82) is 0 Å². The maximum absolute atomic E-state index is 14.7. The van der Waals surface area contributed by atoms with Gasteiger partial charge in [0.15, 0.2) is 12.8 Å². The lowest BCUT2D eigenvalue weighted by Crippen LogP contribution is -2.49. The van der Waals surface area contributed by atoms with E-state index >= 15 is 0 Å². The van der Waals surface area contributed by atoms with Gasteiger partial charge in [-0.15, -0.1) is 10.2 Å². The van der Waals surface area contributed by atoms with Gasteiger partial charge < -0.3 is 19.1 Å². The molecule has 1 aliphatic carbocycles. The second-order valence-electron chi connectivity index (χ2n) is 20.9. The number of halogens is 3. The number of nitrogens with zero attached hydrogens (tertiary/aromatic N) is 10. The molecular formula is C53H61F3N11O6+. The molecule has 11 rings (SSSR count). The highest BCUT2D eigenvalue weighted by Crippen LogP contribution is 2.43. The summed E-state index contributed by atoms with van der Waals surface area (Å²) >= 11 is 0. The average molecular weight is 1010 g/mol. The van der Waals surface area contributed by atoms with Crippen molar-refractivity contribution in [2.75, 3.05) is 63.8 Å². The van der Waals surface area contributed by atoms with Crippen LogP contribution in [-0.2, 0) is 40.6 Å². The topological polar surface area (TPSA) is 163 Å². The van der Waals surface area contributed by atoms with Crippen LogP contribution >= 0.6 is 0 Å². The molecular weight excluding hydrogens is 944 g/mol. The predicted octanol–water partition coefficient (Wildman–Crippen LogP) is 5.59. The molecule has 1 N–H and O–H groups in total. The van der Waals surface area contributed by atoms with Crippen LogP contribution in [0.25, 0.3) is 11.2 Å². The molecule has 5 aromatic rings. The number of fused-ring (bicyclic) bond motifs is 2. The van der Waals surface area contributed by atoms with E-state index in [9.17, 15) is 37.1 Å². The lowest BCUT2D eigenvalue weighted by Gasteiger charge is -2.40. The summed E-state index contributed by atoms with van der Waals surface area (Å²) in [5.74, 6) is 0.286. The molecule has 8 heterocycles. The Bertz CT molecular complexity index is 3030. The molecule has 73 heavy (non-hydrogen) atoms. The molecule has 0 radical (unpaired) electrons. The summed E-state index contributed by atoms with van der Waals surface area (Å²) in [4.78, 5) is 73.0. The van der Waals surface area contributed by atoms with Gasteiger partial charge in [-0.1, -0.05) is 18.6 Å². The normalized spacial score (nSPS) is 22.0. The zero-order chi connectivity index (χ0) is 50.5. The molecule has 4 amide bonds. The largest absolute Gasteiger partial charge is 0.446 e. The van der Waals surface area contributed by atoms with Crippen LogP contribution < -0.4 is 15.9 Å². The Morgan fingerprint density at radius 2 is 1.66 bits per heavy atom. The Hall–Kier alpha value is -6.67. The van der Waals surface area contributed by atoms with Gasteiger partial charge in [-0.25, -0.2) is 14.4 Å². The SMILES string of the molecule is Cn1cnnc1[C@@H](c1cccc(-n2cc3c(C(F)(F)F)cc(CN4CCC(OC(=O)N5CCC(CN6CCN(c7ccc8c(c7)C[N+](=CC7CCC(=O)NC7=O)C8=O)CC6)CC5)CC4)cn3c2=O)c1)C1CCC1. The number of aryl methyl sites for hydroxylation is 1. The van der Waals surface area contributed by atoms with E-state index in [4.69, 9.17) is 4.74 Å². The molecule has 17 nitrogen and oxygen atoms in total. The Kier molecular flexibility index (Phi) is 13.3. The quantitative estimate of drug-likeness (QED) is 0.130. The molecule has 5 aliphatic heterocycles. The van der Waals surface area contributed by atoms with E-state index in [1.165, 1.54) is 17.0 Å². The van der Waals surface area contributed by atoms with E-state index < -0.39 is 23.3 Å². The maximum atomic E-state index is 14.7. The second-order valence-corrected chi connectivity index (χ2v) is 20.9. The lowest BCUT2D eigenvalue weighted by atomic mass is 9.72. The number of nitrogens with one attached hydrogen (secondary N) is 1. The van der Waals surface area contributed by atoms with Gasteiger partial charge in [0, 0.05) is 108 Å². The van der Waals surface area contributed by atoms with Crippen LogP contribution in [0.5, 0.6) is 0 Å². The van der Waals surface area contributed by atoms with Crippen LogP contribution in [0.1, 0.15) is 102 Å². The van der Waals surface area contributed by atoms with Crippen LogP contribution in [0.15, 0.2) is 72.0 Å². The number of ether oxygens (including phenoxy) is 1. The number of carbonyl (C=O) groups excluding carboxylic acids is 4. The number of hydrogen-bond donors (Lipinski definition) is 1. The van der Waals surface area contributed by atoms with Gasteiger partial charge >= 0.3 is 23.9 Å². The average Bonchev–Trinajstić information content (AvgIpc) is 4.04. The van der Waals surface area contributed by atoms with Gasteiger partial charge in [0.25, 0.3) is 0 Å². The van der Waals surface area contributed by atoms with E-state index in [-0.39, 0.29) is 54.3 Å². The smallest absolute Gasteiger partial charge is 0.419 e. The zero-order valence-corrected chi connectivity index (χ0v) is 41.0. The van der Waals surface area contributed by atoms with Crippen molar-refractivity contribution < 1.29 is 41.7 Å². The Morgan fingerprint density at radius 1 is 0.877 bits per heavy atom. The number of imide groups is 1. The molecule has 5 fully saturated rings. The number of imidazole rings is 1. The third kappa shape index (κ3) is 10.1. The van der Waals surface area contributed by atoms with Crippen molar-refractivity contribution in [2.24, 2.45) is 24.8 Å². The van der Waals surface area contributed by atoms with E-state index in [1.807, 2.05) is 46.8 Å². The predicted molar refractivity (Wildman–Crippen MR) is 263 cm³/mol. The first-order chi connectivity index (χ1) is 35.2. The number of aromatic nitrogens is 5. The van der Waals surface area contributed by atoms with E-state index in [0.29, 0.717) is 80.6 Å². The van der Waals surface area contributed by atoms with Gasteiger partial charge in [0.05, 0.1) is 16.8 Å². The fourth-order valence-corrected chi connectivity index (χ4v) is 11.8. The molecule has 6 aliphatic rings. The molecule has 2 atom stereocenters. The third-order valence-corrected chi connectivity index (χ3v) is 16.2. The summed E-state index contributed by atoms with van der Waals surface area (Å²) in [7, 11) is 1.90. The first kappa shape index (κ1) is 48.6. The van der Waals surface area contributed by atoms with Crippen LogP contribution in [0.3, 0.4) is 0 Å². The van der Waals surface area contributed by atoms with E-state index in [0.717, 1.165) is 97.9 Å². The number of carbonyl (C=O) groups is 4. The number of amides is 4. The number of alkyl halides is 3. The van der Waals surface area contributed by atoms with Crippen LogP contribution in [0.4, 0.5) is 23.7 Å². The van der Waals surface area contributed by atoms with Crippen molar-refractivity contribution in [1.82, 2.24) is 43.7 Å². The fourth-order valence-electron chi connectivity index (χ4n) is 11.8. The highest BCUT2D eigenvalue weighted by atomic mass is 19.4. The van der Waals surface area contributed by atoms with E-state index in [2.05, 4.69) is 31.4 Å². The summed E-state index contributed by atoms with van der Waals surface area (Å²) < 4.78 is 56.0. The van der Waals surface area contributed by atoms with Crippen LogP contribution in [-0.4, -0.2) is 138 Å². The van der Waals surface area contributed by atoms with E-state index in [1.54, 1.807) is 28.1 Å². The van der Waals surface area contributed by atoms with Crippen LogP contribution in [0, 0.1) is 17.8 Å². The Balaban J connectivity index is 0.645. The lowest BCUT2D eigenvalue weighted by molar-refractivity contribution is -0.434. The van der Waals surface area contributed by atoms with Gasteiger partial charge in [-0.3, -0.25) is 33.7 Å². The minimum atomic E-state index is -4.70. The summed E-state index contributed by atoms with van der Waals surface area (Å²) in [6.07, 6.45) is 7.52. The van der Waals surface area contributed by atoms with Crippen molar-refractivity contribution in [3.8, 4) is 5.69 Å². The van der Waals surface area contributed by atoms with Crippen molar-refractivity contribution in [3.05, 3.63) is 111 Å². The first-order valence-electron chi connectivity index (χ1n) is 25.8. The standard InChI is InChI=1S/C53H60F3N11O6/c1-60-33-57-59-48(60)47(36-4-2-5-36)37-6-3-7-41(25-37)66-32-45-44(53(54,55)56)24-35(29-67(45)51(66)71)28-61-16-14-42(15-17-61)73-52(72)64-18-12-34(13-19-64)27-62-20-22-63(23-21-62)40-9-10-43-39(26-40)31-65(50(43)70)30-38-8-11-46(68)58-49(38)69/h3,6-7,9-10,24-26,29-30,32-34,36,38,42,47H,2,4-5,8,11-23,27-28,31H2,1H3/p+1/t38?,47-/m1/s1. The molecule has 4 saturated heterocycles. The number of pyridine rings is 1. The number of anilines is 1. The minimum absolute atomic E-state index is 0.0556. The summed E-state index contributed by atoms with van der Waals surface area (Å²) in [6, 6.07) is 14.5. The fraction of sp³-hybridized carbons (Fsp3) is 0.509. The molecule has 20 heteroatoms. The molecule has 1 unspecified atom stereocenters. The molecule has 2 aromatic carbocycles.